The van der Waals surface area contributed by atoms with E-state index in [1.807, 2.05) is 72.0 Å². The molecule has 0 spiro atoms. The molecule has 0 bridgehead atoms. The van der Waals surface area contributed by atoms with E-state index in [2.05, 4.69) is 62.6 Å². The molecule has 0 radical (unpaired) electrons. The molecule has 4 aromatic heterocycles. The zero-order chi connectivity index (χ0) is 37.0. The summed E-state index contributed by atoms with van der Waals surface area (Å²) in [5, 5.41) is 17.4. The first-order chi connectivity index (χ1) is 22.4. The summed E-state index contributed by atoms with van der Waals surface area (Å²) in [6.07, 6.45) is 4.87. The normalized spacial score (nSPS) is 9.90. The zero-order valence-corrected chi connectivity index (χ0v) is 29.6. The number of hydrogen-bond donors (Lipinski definition) is 2. The molecule has 0 saturated carbocycles. The van der Waals surface area contributed by atoms with Crippen LogP contribution in [0.3, 0.4) is 0 Å². The van der Waals surface area contributed by atoms with Crippen LogP contribution >= 0.6 is 0 Å². The van der Waals surface area contributed by atoms with Crippen molar-refractivity contribution < 1.29 is 29.4 Å². The maximum absolute atomic E-state index is 10.6. The van der Waals surface area contributed by atoms with Gasteiger partial charge in [-0.3, -0.25) is 4.98 Å². The largest absolute Gasteiger partial charge is 0.477 e. The monoisotopic (exact) mass is 661 g/mol. The van der Waals surface area contributed by atoms with E-state index in [1.165, 1.54) is 12.4 Å². The minimum Gasteiger partial charge on any atom is -0.477 e. The first kappa shape index (κ1) is 42.7. The summed E-state index contributed by atoms with van der Waals surface area (Å²) in [5.41, 5.74) is 4.80. The van der Waals surface area contributed by atoms with Crippen molar-refractivity contribution in [1.29, 1.82) is 0 Å². The van der Waals surface area contributed by atoms with Crippen LogP contribution in [0.15, 0.2) is 49.1 Å². The number of pyridine rings is 1. The maximum atomic E-state index is 10.6. The summed E-state index contributed by atoms with van der Waals surface area (Å²) in [7, 11) is 0. The highest BCUT2D eigenvalue weighted by Gasteiger charge is 2.13. The van der Waals surface area contributed by atoms with Gasteiger partial charge in [-0.25, -0.2) is 39.5 Å². The third-order valence-electron chi connectivity index (χ3n) is 5.97. The summed E-state index contributed by atoms with van der Waals surface area (Å²) < 4.78 is 0. The predicted molar refractivity (Wildman–Crippen MR) is 180 cm³/mol. The van der Waals surface area contributed by atoms with E-state index in [0.29, 0.717) is 28.9 Å². The molecule has 258 valence electrons. The number of carbonyl (C=O) groups excluding carboxylic acids is 2. The van der Waals surface area contributed by atoms with Gasteiger partial charge in [-0.1, -0.05) is 61.5 Å². The second-order valence-corrected chi connectivity index (χ2v) is 11.7. The fraction of sp³-hybridized carbons (Fsp3) is 0.429. The average Bonchev–Trinajstić information content (AvgIpc) is 3.02. The van der Waals surface area contributed by atoms with Crippen molar-refractivity contribution in [2.45, 2.75) is 99.8 Å². The molecule has 4 aromatic rings. The Hall–Kier alpha value is -5.29. The first-order valence-corrected chi connectivity index (χ1v) is 15.3. The highest BCUT2D eigenvalue weighted by molar-refractivity contribution is 5.87. The second kappa shape index (κ2) is 22.3. The van der Waals surface area contributed by atoms with Crippen LogP contribution in [0.2, 0.25) is 0 Å². The summed E-state index contributed by atoms with van der Waals surface area (Å²) in [6.45, 7) is 21.9. The molecule has 0 amide bonds. The molecule has 4 rings (SSSR count). The Balaban J connectivity index is 0.000000600. The Labute approximate surface area is 282 Å². The van der Waals surface area contributed by atoms with Crippen molar-refractivity contribution in [2.24, 2.45) is 0 Å². The lowest BCUT2D eigenvalue weighted by Crippen LogP contribution is -2.07. The molecule has 0 unspecified atom stereocenters. The molecule has 0 aliphatic rings. The van der Waals surface area contributed by atoms with Crippen molar-refractivity contribution >= 4 is 18.1 Å². The Morgan fingerprint density at radius 1 is 0.667 bits per heavy atom. The molecule has 2 N–H and O–H groups in total. The molecule has 13 nitrogen and oxygen atoms in total. The Morgan fingerprint density at radius 2 is 1.17 bits per heavy atom. The summed E-state index contributed by atoms with van der Waals surface area (Å²) in [4.78, 5) is 65.9. The highest BCUT2D eigenvalue weighted by atomic mass is 16.4. The molecule has 4 heterocycles. The van der Waals surface area contributed by atoms with E-state index in [9.17, 15) is 9.59 Å². The average molecular weight is 662 g/mol. The Bertz CT molecular complexity index is 1580. The maximum Gasteiger partial charge on any atom is 0.373 e. The molecule has 0 aliphatic carbocycles. The highest BCUT2D eigenvalue weighted by Crippen LogP contribution is 2.16. The molecular weight excluding hydrogens is 614 g/mol. The van der Waals surface area contributed by atoms with E-state index in [4.69, 9.17) is 19.8 Å². The fourth-order valence-electron chi connectivity index (χ4n) is 3.63. The van der Waals surface area contributed by atoms with Crippen molar-refractivity contribution in [3.63, 3.8) is 0 Å². The number of nitrogens with zero attached hydrogens (tertiary/aromatic N) is 7. The van der Waals surface area contributed by atoms with Crippen LogP contribution in [-0.2, 0) is 9.59 Å². The molecule has 0 fully saturated rings. The van der Waals surface area contributed by atoms with Crippen molar-refractivity contribution in [3.05, 3.63) is 100 Å². The van der Waals surface area contributed by atoms with E-state index in [0.717, 1.165) is 22.9 Å². The molecule has 0 aromatic carbocycles. The van der Waals surface area contributed by atoms with Gasteiger partial charge in [0, 0.05) is 52.6 Å². The van der Waals surface area contributed by atoms with Crippen molar-refractivity contribution in [2.75, 3.05) is 0 Å². The Morgan fingerprint density at radius 3 is 1.52 bits per heavy atom. The lowest BCUT2D eigenvalue weighted by atomic mass is 10.0. The minimum absolute atomic E-state index is 0.0659. The Kier molecular flexibility index (Phi) is 19.8. The van der Waals surface area contributed by atoms with Gasteiger partial charge in [0.2, 0.25) is 0 Å². The van der Waals surface area contributed by atoms with Gasteiger partial charge in [-0.05, 0) is 56.9 Å². The van der Waals surface area contributed by atoms with Gasteiger partial charge < -0.3 is 10.2 Å². The molecule has 0 aliphatic heterocycles. The van der Waals surface area contributed by atoms with Gasteiger partial charge in [-0.15, -0.1) is 0 Å². The number of hydrogen-bond acceptors (Lipinski definition) is 11. The number of aryl methyl sites for hydroxylation is 3. The van der Waals surface area contributed by atoms with E-state index < -0.39 is 11.9 Å². The van der Waals surface area contributed by atoms with Gasteiger partial charge in [0.25, 0.3) is 0 Å². The molecule has 0 saturated heterocycles. The quantitative estimate of drug-likeness (QED) is 0.220. The smallest absolute Gasteiger partial charge is 0.373 e. The van der Waals surface area contributed by atoms with Gasteiger partial charge in [0.15, 0.2) is 11.4 Å². The molecule has 13 heteroatoms. The summed E-state index contributed by atoms with van der Waals surface area (Å²) >= 11 is 0. The molecule has 0 atom stereocenters. The molecule has 48 heavy (non-hydrogen) atoms. The van der Waals surface area contributed by atoms with Crippen LogP contribution in [0.5, 0.6) is 0 Å². The molecular formula is C35H47N7O6. The van der Waals surface area contributed by atoms with E-state index in [-0.39, 0.29) is 29.4 Å². The number of carboxylic acids is 2. The number of carboxylic acid groups (broad SMARTS) is 2. The van der Waals surface area contributed by atoms with Crippen LogP contribution in [0.4, 0.5) is 0 Å². The van der Waals surface area contributed by atoms with Crippen molar-refractivity contribution in [1.82, 2.24) is 34.9 Å². The van der Waals surface area contributed by atoms with Crippen LogP contribution in [0, 0.1) is 20.8 Å². The van der Waals surface area contributed by atoms with Gasteiger partial charge in [0.1, 0.15) is 18.0 Å². The predicted octanol–water partition coefficient (Wildman–Crippen LogP) is 6.74. The SMILES string of the molecule is CC(C)c1ccccn1.CC(C)c1cncnc1C(=O)O.Cc1cc(C(=O)O)nc(C(C)C)n1.Cc1cc(C)nc(C(C)C)n1.O=C=O. The van der Waals surface area contributed by atoms with E-state index >= 15 is 0 Å². The third-order valence-corrected chi connectivity index (χ3v) is 5.97. The van der Waals surface area contributed by atoms with Crippen LogP contribution in [-0.4, -0.2) is 63.2 Å². The number of rotatable bonds is 6. The summed E-state index contributed by atoms with van der Waals surface area (Å²) in [5.74, 6) is 0.781. The van der Waals surface area contributed by atoms with E-state index in [1.54, 1.807) is 13.1 Å². The van der Waals surface area contributed by atoms with Crippen molar-refractivity contribution in [3.8, 4) is 0 Å². The van der Waals surface area contributed by atoms with Crippen LogP contribution in [0.25, 0.3) is 0 Å². The van der Waals surface area contributed by atoms with Crippen LogP contribution < -0.4 is 0 Å². The van der Waals surface area contributed by atoms with Gasteiger partial charge in [0.05, 0.1) is 0 Å². The minimum atomic E-state index is -1.01. The topological polar surface area (TPSA) is 199 Å². The standard InChI is InChI=1S/C9H12N2O2.C9H14N2.C8H10N2O2.C8H11N.CO2/c1-5(2)8-10-6(3)4-7(11-8)9(12)13;1-6(2)9-10-7(3)5-8(4)11-9;1-5(2)6-3-9-4-10-7(6)8(11)12;1-7(2)8-5-3-4-6-9-8;2-1-3/h4-5H,1-3H3,(H,12,13);5-6H,1-4H3;3-5H,1-2H3,(H,11,12);3-7H,1-2H3;. The lowest BCUT2D eigenvalue weighted by Gasteiger charge is -2.05. The summed E-state index contributed by atoms with van der Waals surface area (Å²) in [6, 6.07) is 9.46. The number of aromatic carboxylic acids is 2. The fourth-order valence-corrected chi connectivity index (χ4v) is 3.63. The zero-order valence-electron chi connectivity index (χ0n) is 29.6. The first-order valence-electron chi connectivity index (χ1n) is 15.3. The van der Waals surface area contributed by atoms with Gasteiger partial charge >= 0.3 is 18.1 Å². The number of aromatic nitrogens is 7. The third kappa shape index (κ3) is 16.9. The van der Waals surface area contributed by atoms with Crippen LogP contribution in [0.1, 0.15) is 140 Å². The van der Waals surface area contributed by atoms with Gasteiger partial charge in [-0.2, -0.15) is 9.59 Å². The second-order valence-electron chi connectivity index (χ2n) is 11.7. The lowest BCUT2D eigenvalue weighted by molar-refractivity contribution is -0.191. The number of carbonyl (C=O) groups is 2.